The minimum absolute atomic E-state index is 0.0610. The topological polar surface area (TPSA) is 54.9 Å². The van der Waals surface area contributed by atoms with Crippen LogP contribution in [0.1, 0.15) is 16.1 Å². The summed E-state index contributed by atoms with van der Waals surface area (Å²) >= 11 is 12.0. The standard InChI is InChI=1S/C18H13Cl2N3O/c1-11-15(12-5-3-2-4-6-12)16(17(20)23-22-11)18(24)21-14-9-7-13(19)8-10-14/h2-10H,1H3,(H,21,24). The van der Waals surface area contributed by atoms with Gasteiger partial charge < -0.3 is 5.32 Å². The molecule has 1 heterocycles. The summed E-state index contributed by atoms with van der Waals surface area (Å²) in [5.74, 6) is -0.348. The van der Waals surface area contributed by atoms with Gasteiger partial charge in [-0.25, -0.2) is 0 Å². The van der Waals surface area contributed by atoms with E-state index in [1.807, 2.05) is 30.3 Å². The monoisotopic (exact) mass is 357 g/mol. The molecule has 0 aliphatic heterocycles. The first-order valence-corrected chi connectivity index (χ1v) is 7.97. The molecule has 0 atom stereocenters. The lowest BCUT2D eigenvalue weighted by Gasteiger charge is -2.13. The molecule has 4 nitrogen and oxygen atoms in total. The molecule has 0 aliphatic rings. The molecule has 0 radical (unpaired) electrons. The molecule has 0 unspecified atom stereocenters. The fourth-order valence-electron chi connectivity index (χ4n) is 2.40. The maximum atomic E-state index is 12.8. The van der Waals surface area contributed by atoms with Gasteiger partial charge in [0.15, 0.2) is 5.15 Å². The Morgan fingerprint density at radius 3 is 2.29 bits per heavy atom. The Morgan fingerprint density at radius 1 is 0.958 bits per heavy atom. The fraction of sp³-hybridized carbons (Fsp3) is 0.0556. The van der Waals surface area contributed by atoms with Gasteiger partial charge in [0.1, 0.15) is 0 Å². The summed E-state index contributed by atoms with van der Waals surface area (Å²) in [4.78, 5) is 12.8. The normalized spacial score (nSPS) is 10.5. The predicted octanol–water partition coefficient (Wildman–Crippen LogP) is 5.01. The van der Waals surface area contributed by atoms with E-state index in [2.05, 4.69) is 15.5 Å². The van der Waals surface area contributed by atoms with Gasteiger partial charge in [0.05, 0.1) is 11.3 Å². The van der Waals surface area contributed by atoms with Crippen molar-refractivity contribution in [3.05, 3.63) is 76.0 Å². The van der Waals surface area contributed by atoms with Crippen LogP contribution in [0, 0.1) is 6.92 Å². The molecule has 6 heteroatoms. The highest BCUT2D eigenvalue weighted by Gasteiger charge is 2.21. The zero-order chi connectivity index (χ0) is 17.1. The van der Waals surface area contributed by atoms with E-state index in [4.69, 9.17) is 23.2 Å². The molecule has 3 aromatic rings. The largest absolute Gasteiger partial charge is 0.322 e. The van der Waals surface area contributed by atoms with E-state index in [1.165, 1.54) is 0 Å². The van der Waals surface area contributed by atoms with Crippen LogP contribution in [0.4, 0.5) is 5.69 Å². The van der Waals surface area contributed by atoms with Crippen LogP contribution < -0.4 is 5.32 Å². The third-order valence-corrected chi connectivity index (χ3v) is 4.01. The summed E-state index contributed by atoms with van der Waals surface area (Å²) in [6.45, 7) is 1.80. The van der Waals surface area contributed by atoms with Crippen LogP contribution in [0.5, 0.6) is 0 Å². The number of rotatable bonds is 3. The van der Waals surface area contributed by atoms with Crippen LogP contribution in [-0.4, -0.2) is 16.1 Å². The zero-order valence-corrected chi connectivity index (χ0v) is 14.3. The van der Waals surface area contributed by atoms with Gasteiger partial charge in [-0.2, -0.15) is 5.10 Å². The van der Waals surface area contributed by atoms with Gasteiger partial charge in [-0.15, -0.1) is 5.10 Å². The Hall–Kier alpha value is -2.43. The van der Waals surface area contributed by atoms with Crippen LogP contribution in [-0.2, 0) is 0 Å². The maximum Gasteiger partial charge on any atom is 0.259 e. The lowest BCUT2D eigenvalue weighted by molar-refractivity contribution is 0.102. The Labute approximate surface area is 149 Å². The number of benzene rings is 2. The number of amides is 1. The van der Waals surface area contributed by atoms with E-state index in [0.717, 1.165) is 5.56 Å². The Morgan fingerprint density at radius 2 is 1.62 bits per heavy atom. The molecule has 0 saturated carbocycles. The number of nitrogens with one attached hydrogen (secondary N) is 1. The first kappa shape index (κ1) is 16.4. The van der Waals surface area contributed by atoms with Crippen molar-refractivity contribution in [2.45, 2.75) is 6.92 Å². The van der Waals surface area contributed by atoms with Crippen LogP contribution >= 0.6 is 23.2 Å². The van der Waals surface area contributed by atoms with Gasteiger partial charge in [0.2, 0.25) is 0 Å². The molecule has 120 valence electrons. The number of halogens is 2. The molecular weight excluding hydrogens is 345 g/mol. The Bertz CT molecular complexity index is 881. The Kier molecular flexibility index (Phi) is 4.79. The second kappa shape index (κ2) is 6.99. The average molecular weight is 358 g/mol. The van der Waals surface area contributed by atoms with Gasteiger partial charge in [-0.3, -0.25) is 4.79 Å². The third-order valence-electron chi connectivity index (χ3n) is 3.50. The number of carbonyl (C=O) groups excluding carboxylic acids is 1. The minimum atomic E-state index is -0.348. The smallest absolute Gasteiger partial charge is 0.259 e. The molecule has 0 spiro atoms. The molecule has 0 saturated heterocycles. The SMILES string of the molecule is Cc1nnc(Cl)c(C(=O)Nc2ccc(Cl)cc2)c1-c1ccccc1. The molecule has 0 aliphatic carbocycles. The average Bonchev–Trinajstić information content (AvgIpc) is 2.59. The number of hydrogen-bond donors (Lipinski definition) is 1. The van der Waals surface area contributed by atoms with Crippen molar-refractivity contribution < 1.29 is 4.79 Å². The lowest BCUT2D eigenvalue weighted by atomic mass is 9.99. The van der Waals surface area contributed by atoms with E-state index < -0.39 is 0 Å². The summed E-state index contributed by atoms with van der Waals surface area (Å²) in [6.07, 6.45) is 0. The van der Waals surface area contributed by atoms with Crippen molar-refractivity contribution >= 4 is 34.8 Å². The predicted molar refractivity (Wildman–Crippen MR) is 96.6 cm³/mol. The van der Waals surface area contributed by atoms with Gasteiger partial charge >= 0.3 is 0 Å². The van der Waals surface area contributed by atoms with Gasteiger partial charge in [-0.05, 0) is 36.8 Å². The van der Waals surface area contributed by atoms with Crippen LogP contribution in [0.2, 0.25) is 10.2 Å². The molecule has 24 heavy (non-hydrogen) atoms. The Balaban J connectivity index is 2.05. The van der Waals surface area contributed by atoms with Crippen molar-refractivity contribution in [1.82, 2.24) is 10.2 Å². The van der Waals surface area contributed by atoms with Crippen LogP contribution in [0.25, 0.3) is 11.1 Å². The van der Waals surface area contributed by atoms with Gasteiger partial charge in [-0.1, -0.05) is 53.5 Å². The van der Waals surface area contributed by atoms with Crippen LogP contribution in [0.3, 0.4) is 0 Å². The summed E-state index contributed by atoms with van der Waals surface area (Å²) in [5, 5.41) is 11.4. The first-order valence-electron chi connectivity index (χ1n) is 7.21. The lowest BCUT2D eigenvalue weighted by Crippen LogP contribution is -2.16. The van der Waals surface area contributed by atoms with Crippen molar-refractivity contribution in [3.63, 3.8) is 0 Å². The van der Waals surface area contributed by atoms with Crippen molar-refractivity contribution in [1.29, 1.82) is 0 Å². The molecule has 2 aromatic carbocycles. The molecule has 1 amide bonds. The molecule has 1 N–H and O–H groups in total. The summed E-state index contributed by atoms with van der Waals surface area (Å²) in [5.41, 5.74) is 3.07. The van der Waals surface area contributed by atoms with E-state index in [0.29, 0.717) is 27.5 Å². The highest BCUT2D eigenvalue weighted by molar-refractivity contribution is 6.34. The third kappa shape index (κ3) is 3.40. The van der Waals surface area contributed by atoms with E-state index in [1.54, 1.807) is 31.2 Å². The summed E-state index contributed by atoms with van der Waals surface area (Å²) in [7, 11) is 0. The quantitative estimate of drug-likeness (QED) is 0.716. The maximum absolute atomic E-state index is 12.8. The molecular formula is C18H13Cl2N3O. The minimum Gasteiger partial charge on any atom is -0.322 e. The second-order valence-corrected chi connectivity index (χ2v) is 5.95. The van der Waals surface area contributed by atoms with Gasteiger partial charge in [0, 0.05) is 16.3 Å². The van der Waals surface area contributed by atoms with Crippen molar-refractivity contribution in [3.8, 4) is 11.1 Å². The van der Waals surface area contributed by atoms with Crippen molar-refractivity contribution in [2.24, 2.45) is 0 Å². The van der Waals surface area contributed by atoms with Crippen molar-refractivity contribution in [2.75, 3.05) is 5.32 Å². The number of aromatic nitrogens is 2. The fourth-order valence-corrected chi connectivity index (χ4v) is 2.74. The molecule has 1 aromatic heterocycles. The van der Waals surface area contributed by atoms with Crippen LogP contribution in [0.15, 0.2) is 54.6 Å². The van der Waals surface area contributed by atoms with E-state index in [-0.39, 0.29) is 11.1 Å². The molecule has 3 rings (SSSR count). The molecule has 0 fully saturated rings. The zero-order valence-electron chi connectivity index (χ0n) is 12.8. The highest BCUT2D eigenvalue weighted by Crippen LogP contribution is 2.30. The van der Waals surface area contributed by atoms with Gasteiger partial charge in [0.25, 0.3) is 5.91 Å². The highest BCUT2D eigenvalue weighted by atomic mass is 35.5. The number of anilines is 1. The van der Waals surface area contributed by atoms with E-state index in [9.17, 15) is 4.79 Å². The second-order valence-electron chi connectivity index (χ2n) is 5.15. The summed E-state index contributed by atoms with van der Waals surface area (Å²) in [6, 6.07) is 16.3. The number of hydrogen-bond acceptors (Lipinski definition) is 3. The first-order chi connectivity index (χ1) is 11.6. The van der Waals surface area contributed by atoms with E-state index >= 15 is 0 Å². The number of aryl methyl sites for hydroxylation is 1. The summed E-state index contributed by atoms with van der Waals surface area (Å²) < 4.78 is 0. The molecule has 0 bridgehead atoms. The number of nitrogens with zero attached hydrogens (tertiary/aromatic N) is 2. The number of carbonyl (C=O) groups is 1.